The molecule has 0 aliphatic rings. The summed E-state index contributed by atoms with van der Waals surface area (Å²) in [6, 6.07) is 0. The molecule has 0 aliphatic heterocycles. The Morgan fingerprint density at radius 3 is 2.08 bits per heavy atom. The molecule has 0 radical (unpaired) electrons. The molecule has 2 N–H and O–H groups in total. The van der Waals surface area contributed by atoms with Crippen LogP contribution in [-0.4, -0.2) is 22.2 Å². The van der Waals surface area contributed by atoms with Crippen molar-refractivity contribution in [2.24, 2.45) is 5.41 Å². The lowest BCUT2D eigenvalue weighted by Gasteiger charge is -2.18. The Hall–Kier alpha value is -1.32. The highest BCUT2D eigenvalue weighted by Crippen LogP contribution is 2.24. The molecular weight excluding hydrogens is 172 g/mol. The largest absolute Gasteiger partial charge is 0.480 e. The van der Waals surface area contributed by atoms with Gasteiger partial charge in [0.1, 0.15) is 0 Å². The van der Waals surface area contributed by atoms with Crippen LogP contribution in [0.25, 0.3) is 0 Å². The summed E-state index contributed by atoms with van der Waals surface area (Å²) in [4.78, 5) is 21.3. The second kappa shape index (κ2) is 4.64. The molecule has 0 aromatic rings. The highest BCUT2D eigenvalue weighted by molar-refractivity contribution is 5.97. The Morgan fingerprint density at radius 2 is 1.77 bits per heavy atom. The van der Waals surface area contributed by atoms with Gasteiger partial charge in [-0.1, -0.05) is 12.2 Å². The first-order valence-corrected chi connectivity index (χ1v) is 4.03. The molecule has 0 rings (SSSR count). The molecule has 74 valence electrons. The maximum absolute atomic E-state index is 10.7. The Bertz CT molecular complexity index is 216. The first-order chi connectivity index (χ1) is 5.95. The van der Waals surface area contributed by atoms with E-state index in [9.17, 15) is 9.59 Å². The highest BCUT2D eigenvalue weighted by atomic mass is 16.4. The van der Waals surface area contributed by atoms with E-state index in [0.29, 0.717) is 6.42 Å². The van der Waals surface area contributed by atoms with E-state index in [0.717, 1.165) is 0 Å². The molecule has 0 saturated carbocycles. The zero-order valence-corrected chi connectivity index (χ0v) is 7.78. The SMILES string of the molecule is C/C=C/CCC(C)(C(=O)O)C(=O)O. The summed E-state index contributed by atoms with van der Waals surface area (Å²) in [5.74, 6) is -2.57. The molecule has 0 amide bonds. The van der Waals surface area contributed by atoms with Crippen molar-refractivity contribution in [3.05, 3.63) is 12.2 Å². The van der Waals surface area contributed by atoms with Crippen LogP contribution >= 0.6 is 0 Å². The zero-order valence-electron chi connectivity index (χ0n) is 7.78. The van der Waals surface area contributed by atoms with Gasteiger partial charge < -0.3 is 10.2 Å². The summed E-state index contributed by atoms with van der Waals surface area (Å²) in [5.41, 5.74) is -1.67. The molecule has 0 heterocycles. The molecule has 0 unspecified atom stereocenters. The minimum absolute atomic E-state index is 0.113. The third kappa shape index (κ3) is 2.89. The average molecular weight is 186 g/mol. The summed E-state index contributed by atoms with van der Waals surface area (Å²) in [6.45, 7) is 3.03. The summed E-state index contributed by atoms with van der Waals surface area (Å²) in [7, 11) is 0. The molecular formula is C9H14O4. The van der Waals surface area contributed by atoms with Gasteiger partial charge in [-0.2, -0.15) is 0 Å². The van der Waals surface area contributed by atoms with E-state index in [1.165, 1.54) is 6.92 Å². The summed E-state index contributed by atoms with van der Waals surface area (Å²) in [6.07, 6.45) is 4.10. The van der Waals surface area contributed by atoms with Crippen molar-refractivity contribution in [2.75, 3.05) is 0 Å². The fraction of sp³-hybridized carbons (Fsp3) is 0.556. The van der Waals surface area contributed by atoms with E-state index in [1.807, 2.05) is 0 Å². The topological polar surface area (TPSA) is 74.6 Å². The van der Waals surface area contributed by atoms with E-state index in [4.69, 9.17) is 10.2 Å². The second-order valence-corrected chi connectivity index (χ2v) is 3.05. The van der Waals surface area contributed by atoms with E-state index in [1.54, 1.807) is 19.1 Å². The van der Waals surface area contributed by atoms with Crippen LogP contribution < -0.4 is 0 Å². The van der Waals surface area contributed by atoms with E-state index < -0.39 is 17.4 Å². The maximum atomic E-state index is 10.7. The van der Waals surface area contributed by atoms with Crippen molar-refractivity contribution in [1.29, 1.82) is 0 Å². The van der Waals surface area contributed by atoms with Gasteiger partial charge in [0.2, 0.25) is 0 Å². The maximum Gasteiger partial charge on any atom is 0.320 e. The molecule has 0 fully saturated rings. The number of carboxylic acids is 2. The van der Waals surface area contributed by atoms with Crippen LogP contribution in [0.4, 0.5) is 0 Å². The van der Waals surface area contributed by atoms with E-state index >= 15 is 0 Å². The van der Waals surface area contributed by atoms with Crippen molar-refractivity contribution < 1.29 is 19.8 Å². The van der Waals surface area contributed by atoms with E-state index in [-0.39, 0.29) is 6.42 Å². The molecule has 0 spiro atoms. The van der Waals surface area contributed by atoms with Crippen LogP contribution in [0, 0.1) is 5.41 Å². The number of carboxylic acid groups (broad SMARTS) is 2. The zero-order chi connectivity index (χ0) is 10.5. The van der Waals surface area contributed by atoms with Crippen molar-refractivity contribution in [2.45, 2.75) is 26.7 Å². The van der Waals surface area contributed by atoms with Gasteiger partial charge in [-0.25, -0.2) is 0 Å². The predicted octanol–water partition coefficient (Wildman–Crippen LogP) is 1.52. The minimum Gasteiger partial charge on any atom is -0.480 e. The number of allylic oxidation sites excluding steroid dienone is 2. The van der Waals surface area contributed by atoms with E-state index in [2.05, 4.69) is 0 Å². The van der Waals surface area contributed by atoms with Gasteiger partial charge in [0.25, 0.3) is 0 Å². The summed E-state index contributed by atoms with van der Waals surface area (Å²) in [5, 5.41) is 17.4. The number of hydrogen-bond acceptors (Lipinski definition) is 2. The monoisotopic (exact) mass is 186 g/mol. The molecule has 0 aliphatic carbocycles. The van der Waals surface area contributed by atoms with Gasteiger partial charge in [0, 0.05) is 0 Å². The van der Waals surface area contributed by atoms with Gasteiger partial charge in [0.15, 0.2) is 5.41 Å². The van der Waals surface area contributed by atoms with Crippen molar-refractivity contribution >= 4 is 11.9 Å². The van der Waals surface area contributed by atoms with Crippen molar-refractivity contribution in [3.63, 3.8) is 0 Å². The summed E-state index contributed by atoms with van der Waals surface area (Å²) >= 11 is 0. The molecule has 4 nitrogen and oxygen atoms in total. The van der Waals surface area contributed by atoms with Gasteiger partial charge in [-0.3, -0.25) is 9.59 Å². The Kier molecular flexibility index (Phi) is 4.17. The first-order valence-electron chi connectivity index (χ1n) is 4.03. The van der Waals surface area contributed by atoms with Gasteiger partial charge >= 0.3 is 11.9 Å². The molecule has 0 saturated heterocycles. The number of aliphatic carboxylic acids is 2. The molecule has 0 bridgehead atoms. The third-order valence-corrected chi connectivity index (χ3v) is 1.99. The normalized spacial score (nSPS) is 11.8. The Balaban J connectivity index is 4.43. The van der Waals surface area contributed by atoms with Crippen LogP contribution in [0.3, 0.4) is 0 Å². The fourth-order valence-corrected chi connectivity index (χ4v) is 0.844. The van der Waals surface area contributed by atoms with Gasteiger partial charge in [-0.05, 0) is 26.7 Å². The lowest BCUT2D eigenvalue weighted by atomic mass is 9.85. The molecule has 0 aromatic heterocycles. The molecule has 4 heteroatoms. The van der Waals surface area contributed by atoms with Gasteiger partial charge in [0.05, 0.1) is 0 Å². The molecule has 0 aromatic carbocycles. The highest BCUT2D eigenvalue weighted by Gasteiger charge is 2.40. The lowest BCUT2D eigenvalue weighted by molar-refractivity contribution is -0.163. The van der Waals surface area contributed by atoms with Crippen LogP contribution in [0.2, 0.25) is 0 Å². The van der Waals surface area contributed by atoms with Crippen molar-refractivity contribution in [1.82, 2.24) is 0 Å². The van der Waals surface area contributed by atoms with Crippen LogP contribution in [0.5, 0.6) is 0 Å². The predicted molar refractivity (Wildman–Crippen MR) is 47.4 cm³/mol. The van der Waals surface area contributed by atoms with Gasteiger partial charge in [-0.15, -0.1) is 0 Å². The standard InChI is InChI=1S/C9H14O4/c1-3-4-5-6-9(2,7(10)11)8(12)13/h3-4H,5-6H2,1-2H3,(H,10,11)(H,12,13)/b4-3+. The Morgan fingerprint density at radius 1 is 1.31 bits per heavy atom. The number of carbonyl (C=O) groups is 2. The second-order valence-electron chi connectivity index (χ2n) is 3.05. The first kappa shape index (κ1) is 11.7. The van der Waals surface area contributed by atoms with Crippen molar-refractivity contribution in [3.8, 4) is 0 Å². The quantitative estimate of drug-likeness (QED) is 0.504. The van der Waals surface area contributed by atoms with Crippen LogP contribution in [0.15, 0.2) is 12.2 Å². The van der Waals surface area contributed by atoms with Crippen LogP contribution in [-0.2, 0) is 9.59 Å². The lowest BCUT2D eigenvalue weighted by Crippen LogP contribution is -2.36. The summed E-state index contributed by atoms with van der Waals surface area (Å²) < 4.78 is 0. The number of rotatable bonds is 5. The molecule has 13 heavy (non-hydrogen) atoms. The Labute approximate surface area is 76.9 Å². The average Bonchev–Trinajstić information content (AvgIpc) is 2.03. The minimum atomic E-state index is -1.67. The third-order valence-electron chi connectivity index (χ3n) is 1.99. The smallest absolute Gasteiger partial charge is 0.320 e. The number of hydrogen-bond donors (Lipinski definition) is 2. The fourth-order valence-electron chi connectivity index (χ4n) is 0.844. The van der Waals surface area contributed by atoms with Crippen LogP contribution in [0.1, 0.15) is 26.7 Å². The molecule has 0 atom stereocenters.